The van der Waals surface area contributed by atoms with Crippen LogP contribution in [0.25, 0.3) is 0 Å². The molecule has 5 nitrogen and oxygen atoms in total. The molecule has 0 aliphatic carbocycles. The summed E-state index contributed by atoms with van der Waals surface area (Å²) in [5.74, 6) is 0.297. The molecule has 0 aromatic carbocycles. The number of hydrogen-bond acceptors (Lipinski definition) is 3. The zero-order valence-electron chi connectivity index (χ0n) is 9.87. The third-order valence-electron chi connectivity index (χ3n) is 2.08. The van der Waals surface area contributed by atoms with Crippen LogP contribution < -0.4 is 10.0 Å². The minimum atomic E-state index is -3.36. The Bertz CT molecular complexity index is 423. The van der Waals surface area contributed by atoms with Crippen LogP contribution in [0.1, 0.15) is 19.5 Å². The van der Waals surface area contributed by atoms with Gasteiger partial charge in [-0.3, -0.25) is 0 Å². The van der Waals surface area contributed by atoms with Crippen LogP contribution in [0, 0.1) is 5.92 Å². The van der Waals surface area contributed by atoms with Crippen molar-refractivity contribution in [2.45, 2.75) is 25.3 Å². The number of hydrogen-bond donors (Lipinski definition) is 3. The first kappa shape index (κ1) is 13.2. The molecule has 1 rings (SSSR count). The van der Waals surface area contributed by atoms with Crippen molar-refractivity contribution < 1.29 is 8.42 Å². The summed E-state index contributed by atoms with van der Waals surface area (Å²) in [5, 5.41) is 2.95. The lowest BCUT2D eigenvalue weighted by Gasteiger charge is -2.06. The van der Waals surface area contributed by atoms with Crippen LogP contribution in [-0.2, 0) is 16.6 Å². The van der Waals surface area contributed by atoms with E-state index in [1.54, 1.807) is 6.07 Å². The van der Waals surface area contributed by atoms with E-state index in [0.29, 0.717) is 23.9 Å². The van der Waals surface area contributed by atoms with Gasteiger partial charge in [-0.1, -0.05) is 13.8 Å². The number of H-pyrrole nitrogens is 1. The van der Waals surface area contributed by atoms with Gasteiger partial charge in [0.1, 0.15) is 0 Å². The average molecular weight is 245 g/mol. The predicted molar refractivity (Wildman–Crippen MR) is 63.6 cm³/mol. The molecule has 3 N–H and O–H groups in total. The van der Waals surface area contributed by atoms with Gasteiger partial charge < -0.3 is 10.3 Å². The Morgan fingerprint density at radius 3 is 2.69 bits per heavy atom. The molecule has 0 amide bonds. The van der Waals surface area contributed by atoms with Gasteiger partial charge in [0, 0.05) is 25.0 Å². The molecule has 0 saturated carbocycles. The van der Waals surface area contributed by atoms with Crippen molar-refractivity contribution >= 4 is 10.0 Å². The van der Waals surface area contributed by atoms with Gasteiger partial charge in [-0.15, -0.1) is 0 Å². The van der Waals surface area contributed by atoms with Gasteiger partial charge in [0.2, 0.25) is 10.0 Å². The summed E-state index contributed by atoms with van der Waals surface area (Å²) in [6.07, 6.45) is 1.51. The molecule has 0 atom stereocenters. The van der Waals surface area contributed by atoms with E-state index in [1.165, 1.54) is 6.20 Å². The van der Waals surface area contributed by atoms with Crippen LogP contribution in [0.4, 0.5) is 0 Å². The Morgan fingerprint density at radius 2 is 2.12 bits per heavy atom. The van der Waals surface area contributed by atoms with Crippen LogP contribution >= 0.6 is 0 Å². The van der Waals surface area contributed by atoms with Gasteiger partial charge in [0.05, 0.1) is 4.90 Å². The molecule has 1 aromatic heterocycles. The fourth-order valence-electron chi connectivity index (χ4n) is 1.23. The van der Waals surface area contributed by atoms with Crippen molar-refractivity contribution in [2.75, 3.05) is 13.6 Å². The Morgan fingerprint density at radius 1 is 1.44 bits per heavy atom. The van der Waals surface area contributed by atoms with Crippen molar-refractivity contribution in [1.29, 1.82) is 0 Å². The van der Waals surface area contributed by atoms with Gasteiger partial charge >= 0.3 is 0 Å². The number of nitrogens with one attached hydrogen (secondary N) is 3. The highest BCUT2D eigenvalue weighted by Gasteiger charge is 2.15. The largest absolute Gasteiger partial charge is 0.363 e. The van der Waals surface area contributed by atoms with Crippen LogP contribution in [-0.4, -0.2) is 27.0 Å². The molecular weight excluding hydrogens is 226 g/mol. The Labute approximate surface area is 96.7 Å². The normalized spacial score (nSPS) is 12.2. The summed E-state index contributed by atoms with van der Waals surface area (Å²) < 4.78 is 26.2. The molecule has 0 saturated heterocycles. The second-order valence-corrected chi connectivity index (χ2v) is 5.90. The fourth-order valence-corrected chi connectivity index (χ4v) is 2.46. The molecule has 0 unspecified atom stereocenters. The van der Waals surface area contributed by atoms with Crippen LogP contribution in [0.2, 0.25) is 0 Å². The van der Waals surface area contributed by atoms with Gasteiger partial charge in [-0.2, -0.15) is 0 Å². The van der Waals surface area contributed by atoms with E-state index in [2.05, 4.69) is 15.0 Å². The van der Waals surface area contributed by atoms with Gasteiger partial charge in [-0.25, -0.2) is 13.1 Å². The van der Waals surface area contributed by atoms with Crippen molar-refractivity contribution in [3.63, 3.8) is 0 Å². The molecule has 0 aliphatic rings. The van der Waals surface area contributed by atoms with Crippen molar-refractivity contribution in [3.05, 3.63) is 18.0 Å². The number of sulfonamides is 1. The Balaban J connectivity index is 2.74. The van der Waals surface area contributed by atoms with Crippen LogP contribution in [0.5, 0.6) is 0 Å². The summed E-state index contributed by atoms with van der Waals surface area (Å²) in [4.78, 5) is 3.21. The van der Waals surface area contributed by atoms with E-state index >= 15 is 0 Å². The number of aromatic nitrogens is 1. The van der Waals surface area contributed by atoms with Gasteiger partial charge in [-0.05, 0) is 19.0 Å². The second-order valence-electron chi connectivity index (χ2n) is 4.14. The average Bonchev–Trinajstić information content (AvgIpc) is 2.65. The molecule has 0 fully saturated rings. The zero-order chi connectivity index (χ0) is 12.2. The predicted octanol–water partition coefficient (Wildman–Crippen LogP) is 0.668. The number of aromatic amines is 1. The third-order valence-corrected chi connectivity index (χ3v) is 3.48. The maximum absolute atomic E-state index is 11.8. The summed E-state index contributed by atoms with van der Waals surface area (Å²) in [5.41, 5.74) is 0.854. The molecule has 0 aliphatic heterocycles. The minimum absolute atomic E-state index is 0.290. The van der Waals surface area contributed by atoms with Crippen molar-refractivity contribution in [3.8, 4) is 0 Å². The van der Waals surface area contributed by atoms with E-state index < -0.39 is 10.0 Å². The first-order valence-electron chi connectivity index (χ1n) is 5.27. The minimum Gasteiger partial charge on any atom is -0.363 e. The van der Waals surface area contributed by atoms with Crippen LogP contribution in [0.3, 0.4) is 0 Å². The monoisotopic (exact) mass is 245 g/mol. The fraction of sp³-hybridized carbons (Fsp3) is 0.600. The summed E-state index contributed by atoms with van der Waals surface area (Å²) >= 11 is 0. The summed E-state index contributed by atoms with van der Waals surface area (Å²) in [7, 11) is -1.55. The molecule has 0 radical (unpaired) electrons. The summed E-state index contributed by atoms with van der Waals surface area (Å²) in [6, 6.07) is 1.64. The van der Waals surface area contributed by atoms with Gasteiger partial charge in [0.15, 0.2) is 0 Å². The maximum atomic E-state index is 11.8. The lowest BCUT2D eigenvalue weighted by atomic mass is 10.2. The maximum Gasteiger partial charge on any atom is 0.242 e. The van der Waals surface area contributed by atoms with Gasteiger partial charge in [0.25, 0.3) is 0 Å². The van der Waals surface area contributed by atoms with Crippen LogP contribution in [0.15, 0.2) is 17.2 Å². The molecule has 0 bridgehead atoms. The molecule has 0 spiro atoms. The van der Waals surface area contributed by atoms with E-state index in [4.69, 9.17) is 0 Å². The lowest BCUT2D eigenvalue weighted by molar-refractivity contribution is 0.560. The molecular formula is C10H19N3O2S. The molecule has 16 heavy (non-hydrogen) atoms. The molecule has 92 valence electrons. The lowest BCUT2D eigenvalue weighted by Crippen LogP contribution is -2.27. The summed E-state index contributed by atoms with van der Waals surface area (Å²) in [6.45, 7) is 5.01. The SMILES string of the molecule is CNCc1cc(S(=O)(=O)NCC(C)C)c[nH]1. The standard InChI is InChI=1S/C10H19N3O2S/c1-8(2)5-13-16(14,15)10-4-9(6-11-3)12-7-10/h4,7-8,11-13H,5-6H2,1-3H3. The first-order valence-corrected chi connectivity index (χ1v) is 6.75. The zero-order valence-corrected chi connectivity index (χ0v) is 10.7. The van der Waals surface area contributed by atoms with E-state index in [0.717, 1.165) is 5.69 Å². The highest BCUT2D eigenvalue weighted by Crippen LogP contribution is 2.10. The second kappa shape index (κ2) is 5.47. The topological polar surface area (TPSA) is 74.0 Å². The smallest absolute Gasteiger partial charge is 0.242 e. The number of rotatable bonds is 6. The highest BCUT2D eigenvalue weighted by atomic mass is 32.2. The molecule has 1 heterocycles. The highest BCUT2D eigenvalue weighted by molar-refractivity contribution is 7.89. The Hall–Kier alpha value is -0.850. The van der Waals surface area contributed by atoms with Crippen molar-refractivity contribution in [1.82, 2.24) is 15.0 Å². The third kappa shape index (κ3) is 3.62. The quantitative estimate of drug-likeness (QED) is 0.689. The molecule has 1 aromatic rings. The van der Waals surface area contributed by atoms with E-state index in [9.17, 15) is 8.42 Å². The van der Waals surface area contributed by atoms with Crippen molar-refractivity contribution in [2.24, 2.45) is 5.92 Å². The van der Waals surface area contributed by atoms with E-state index in [1.807, 2.05) is 20.9 Å². The molecule has 6 heteroatoms. The first-order chi connectivity index (χ1) is 7.45. The van der Waals surface area contributed by atoms with E-state index in [-0.39, 0.29) is 0 Å². The Kier molecular flexibility index (Phi) is 4.52.